The molecule has 2 atom stereocenters. The number of carbonyl (C=O) groups is 1. The smallest absolute Gasteiger partial charge is 0.239 e. The van der Waals surface area contributed by atoms with Gasteiger partial charge < -0.3 is 0 Å². The maximum atomic E-state index is 12.4. The molecule has 2 unspecified atom stereocenters. The van der Waals surface area contributed by atoms with Gasteiger partial charge in [0.1, 0.15) is 16.1 Å². The second-order valence-corrected chi connectivity index (χ2v) is 8.79. The first-order valence-electron chi connectivity index (χ1n) is 8.16. The van der Waals surface area contributed by atoms with Crippen LogP contribution in [0.15, 0.2) is 11.1 Å². The van der Waals surface area contributed by atoms with E-state index in [1.54, 1.807) is 6.92 Å². The number of pyridine rings is 1. The Morgan fingerprint density at radius 1 is 1.52 bits per heavy atom. The molecule has 0 saturated heterocycles. The topological polar surface area (TPSA) is 91.6 Å². The number of rotatable bonds is 4. The van der Waals surface area contributed by atoms with Gasteiger partial charge in [-0.05, 0) is 50.7 Å². The van der Waals surface area contributed by atoms with Gasteiger partial charge in [0.2, 0.25) is 11.0 Å². The Balaban J connectivity index is 1.75. The highest BCUT2D eigenvalue weighted by atomic mass is 32.2. The van der Waals surface area contributed by atoms with E-state index in [0.29, 0.717) is 21.6 Å². The number of aromatic nitrogens is 3. The van der Waals surface area contributed by atoms with Gasteiger partial charge in [-0.1, -0.05) is 30.0 Å². The summed E-state index contributed by atoms with van der Waals surface area (Å²) in [4.78, 5) is 17.0. The number of carbonyl (C=O) groups excluding carboxylic acids is 1. The van der Waals surface area contributed by atoms with Crippen molar-refractivity contribution < 1.29 is 4.79 Å². The number of thioether (sulfide) groups is 1. The number of fused-ring (bicyclic) bond motifs is 1. The second-order valence-electron chi connectivity index (χ2n) is 6.28. The average Bonchev–Trinajstić information content (AvgIpc) is 2.99. The molecule has 6 nitrogen and oxygen atoms in total. The molecule has 0 saturated carbocycles. The largest absolute Gasteiger partial charge is 0.300 e. The van der Waals surface area contributed by atoms with Gasteiger partial charge in [0.25, 0.3) is 0 Å². The fourth-order valence-corrected chi connectivity index (χ4v) is 4.26. The Bertz CT molecular complexity index is 842. The Morgan fingerprint density at radius 3 is 3.00 bits per heavy atom. The summed E-state index contributed by atoms with van der Waals surface area (Å²) in [7, 11) is 0. The molecule has 25 heavy (non-hydrogen) atoms. The van der Waals surface area contributed by atoms with Gasteiger partial charge in [-0.2, -0.15) is 5.26 Å². The van der Waals surface area contributed by atoms with Crippen LogP contribution < -0.4 is 5.32 Å². The Kier molecular flexibility index (Phi) is 5.35. The minimum Gasteiger partial charge on any atom is -0.300 e. The van der Waals surface area contributed by atoms with Crippen LogP contribution in [0.1, 0.15) is 42.1 Å². The molecule has 1 aliphatic rings. The van der Waals surface area contributed by atoms with Crippen molar-refractivity contribution in [1.29, 1.82) is 5.26 Å². The summed E-state index contributed by atoms with van der Waals surface area (Å²) in [6.45, 7) is 5.86. The van der Waals surface area contributed by atoms with Crippen LogP contribution in [0.25, 0.3) is 0 Å². The minimum absolute atomic E-state index is 0.168. The summed E-state index contributed by atoms with van der Waals surface area (Å²) in [5, 5.41) is 21.5. The van der Waals surface area contributed by atoms with E-state index in [1.165, 1.54) is 28.7 Å². The lowest BCUT2D eigenvalue weighted by molar-refractivity contribution is -0.115. The van der Waals surface area contributed by atoms with E-state index < -0.39 is 0 Å². The third-order valence-corrected chi connectivity index (χ3v) is 5.99. The van der Waals surface area contributed by atoms with Crippen LogP contribution in [0.4, 0.5) is 5.13 Å². The number of nitriles is 1. The summed E-state index contributed by atoms with van der Waals surface area (Å²) in [6.07, 6.45) is 3.01. The normalized spacial score (nSPS) is 17.4. The van der Waals surface area contributed by atoms with Crippen molar-refractivity contribution in [2.75, 3.05) is 5.32 Å². The molecule has 3 rings (SSSR count). The number of hydrogen-bond acceptors (Lipinski definition) is 7. The van der Waals surface area contributed by atoms with Gasteiger partial charge in [0, 0.05) is 5.69 Å². The highest BCUT2D eigenvalue weighted by Gasteiger charge is 2.23. The van der Waals surface area contributed by atoms with Gasteiger partial charge in [0.15, 0.2) is 0 Å². The Morgan fingerprint density at radius 2 is 2.32 bits per heavy atom. The molecular weight excluding hydrogens is 354 g/mol. The third kappa shape index (κ3) is 4.17. The maximum Gasteiger partial charge on any atom is 0.239 e. The number of hydrogen-bond donors (Lipinski definition) is 1. The number of aryl methyl sites for hydroxylation is 2. The molecule has 0 radical (unpaired) electrons. The molecule has 0 aromatic carbocycles. The molecule has 1 N–H and O–H groups in total. The molecule has 0 aliphatic heterocycles. The van der Waals surface area contributed by atoms with Gasteiger partial charge in [-0.15, -0.1) is 10.2 Å². The number of anilines is 1. The minimum atomic E-state index is -0.385. The van der Waals surface area contributed by atoms with Crippen molar-refractivity contribution in [3.05, 3.63) is 27.9 Å². The van der Waals surface area contributed by atoms with Gasteiger partial charge in [-0.25, -0.2) is 4.98 Å². The molecule has 2 aromatic rings. The van der Waals surface area contributed by atoms with E-state index in [0.717, 1.165) is 30.0 Å². The first kappa shape index (κ1) is 17.8. The monoisotopic (exact) mass is 373 g/mol. The summed E-state index contributed by atoms with van der Waals surface area (Å²) in [6, 6.07) is 4.17. The standard InChI is InChI=1S/C17H19N5OS2/c1-9-4-5-14-12(6-9)7-13(8-18)16(19-14)24-10(2)15(23)20-17-22-21-11(3)25-17/h7,9-10H,4-6H2,1-3H3,(H,20,22,23). The Hall–Kier alpha value is -1.98. The van der Waals surface area contributed by atoms with Crippen LogP contribution in [0.2, 0.25) is 0 Å². The van der Waals surface area contributed by atoms with Crippen LogP contribution in [0, 0.1) is 24.2 Å². The van der Waals surface area contributed by atoms with Gasteiger partial charge in [-0.3, -0.25) is 10.1 Å². The van der Waals surface area contributed by atoms with Gasteiger partial charge in [0.05, 0.1) is 10.8 Å². The highest BCUT2D eigenvalue weighted by molar-refractivity contribution is 8.00. The van der Waals surface area contributed by atoms with E-state index in [-0.39, 0.29) is 11.2 Å². The summed E-state index contributed by atoms with van der Waals surface area (Å²) in [5.41, 5.74) is 2.78. The van der Waals surface area contributed by atoms with E-state index >= 15 is 0 Å². The molecule has 1 amide bonds. The fraction of sp³-hybridized carbons (Fsp3) is 0.471. The number of nitrogens with zero attached hydrogens (tertiary/aromatic N) is 4. The molecule has 0 bridgehead atoms. The van der Waals surface area contributed by atoms with Crippen molar-refractivity contribution in [3.63, 3.8) is 0 Å². The average molecular weight is 374 g/mol. The van der Waals surface area contributed by atoms with Crippen molar-refractivity contribution >= 4 is 34.1 Å². The quantitative estimate of drug-likeness (QED) is 0.826. The summed E-state index contributed by atoms with van der Waals surface area (Å²) < 4.78 is 0. The lowest BCUT2D eigenvalue weighted by Gasteiger charge is -2.22. The van der Waals surface area contributed by atoms with Crippen molar-refractivity contribution in [2.24, 2.45) is 5.92 Å². The number of amides is 1. The molecule has 130 valence electrons. The molecule has 0 spiro atoms. The molecule has 1 aliphatic carbocycles. The SMILES string of the molecule is Cc1nnc(NC(=O)C(C)Sc2nc3c(cc2C#N)CC(C)CC3)s1. The van der Waals surface area contributed by atoms with E-state index in [1.807, 2.05) is 13.0 Å². The predicted molar refractivity (Wildman–Crippen MR) is 98.7 cm³/mol. The van der Waals surface area contributed by atoms with Crippen LogP contribution in [0.5, 0.6) is 0 Å². The molecule has 2 aromatic heterocycles. The van der Waals surface area contributed by atoms with E-state index in [2.05, 4.69) is 33.5 Å². The molecule has 2 heterocycles. The molecule has 8 heteroatoms. The third-order valence-electron chi connectivity index (χ3n) is 4.13. The van der Waals surface area contributed by atoms with Gasteiger partial charge >= 0.3 is 0 Å². The van der Waals surface area contributed by atoms with Crippen LogP contribution in [-0.2, 0) is 17.6 Å². The van der Waals surface area contributed by atoms with Crippen LogP contribution in [-0.4, -0.2) is 26.3 Å². The predicted octanol–water partition coefficient (Wildman–Crippen LogP) is 3.36. The lowest BCUT2D eigenvalue weighted by atomic mass is 9.87. The van der Waals surface area contributed by atoms with E-state index in [9.17, 15) is 10.1 Å². The second kappa shape index (κ2) is 7.50. The zero-order valence-corrected chi connectivity index (χ0v) is 16.0. The van der Waals surface area contributed by atoms with Crippen molar-refractivity contribution in [2.45, 2.75) is 50.3 Å². The van der Waals surface area contributed by atoms with Crippen molar-refractivity contribution in [1.82, 2.24) is 15.2 Å². The first-order chi connectivity index (χ1) is 12.0. The van der Waals surface area contributed by atoms with E-state index in [4.69, 9.17) is 0 Å². The number of nitrogens with one attached hydrogen (secondary N) is 1. The van der Waals surface area contributed by atoms with Crippen LogP contribution >= 0.6 is 23.1 Å². The lowest BCUT2D eigenvalue weighted by Crippen LogP contribution is -2.23. The molecule has 0 fully saturated rings. The zero-order valence-electron chi connectivity index (χ0n) is 14.4. The fourth-order valence-electron chi connectivity index (χ4n) is 2.77. The van der Waals surface area contributed by atoms with Crippen LogP contribution in [0.3, 0.4) is 0 Å². The van der Waals surface area contributed by atoms with Crippen molar-refractivity contribution in [3.8, 4) is 6.07 Å². The Labute approximate surface area is 155 Å². The first-order valence-corrected chi connectivity index (χ1v) is 9.86. The zero-order chi connectivity index (χ0) is 18.0. The maximum absolute atomic E-state index is 12.4. The summed E-state index contributed by atoms with van der Waals surface area (Å²) in [5.74, 6) is 0.456. The highest BCUT2D eigenvalue weighted by Crippen LogP contribution is 2.31. The molecular formula is C17H19N5OS2. The summed E-state index contributed by atoms with van der Waals surface area (Å²) >= 11 is 2.65.